The Labute approximate surface area is 162 Å². The van der Waals surface area contributed by atoms with Crippen molar-refractivity contribution >= 4 is 22.9 Å². The summed E-state index contributed by atoms with van der Waals surface area (Å²) in [7, 11) is 1.52. The lowest BCUT2D eigenvalue weighted by molar-refractivity contribution is -0.274. The highest BCUT2D eigenvalue weighted by molar-refractivity contribution is 7.15. The number of nitrogens with zero attached hydrogens (tertiary/aromatic N) is 1. The summed E-state index contributed by atoms with van der Waals surface area (Å²) in [5.41, 5.74) is 1.20. The molecule has 3 rings (SSSR count). The van der Waals surface area contributed by atoms with Crippen LogP contribution in [-0.4, -0.2) is 24.4 Å². The van der Waals surface area contributed by atoms with E-state index in [2.05, 4.69) is 15.0 Å². The summed E-state index contributed by atoms with van der Waals surface area (Å²) in [6, 6.07) is 12.5. The first kappa shape index (κ1) is 19.7. The number of carbonyl (C=O) groups is 1. The summed E-state index contributed by atoms with van der Waals surface area (Å²) in [6.07, 6.45) is -3.04. The van der Waals surface area contributed by atoms with E-state index in [0.717, 1.165) is 4.88 Å². The number of aromatic nitrogens is 1. The van der Waals surface area contributed by atoms with Crippen LogP contribution in [0.25, 0.3) is 10.6 Å². The number of methoxy groups -OCH3 is 1. The molecule has 0 radical (unpaired) electrons. The molecule has 0 aliphatic rings. The minimum atomic E-state index is -4.73. The molecule has 1 amide bonds. The standard InChI is InChI=1S/C19H15F3N2O3S/c1-26-16-5-3-2-4-15(16)24-17(25)10-14-11-23-18(28-14)12-6-8-13(9-7-12)27-19(20,21)22/h2-9,11H,10H2,1H3,(H,24,25). The molecule has 0 fully saturated rings. The maximum Gasteiger partial charge on any atom is 0.573 e. The van der Waals surface area contributed by atoms with E-state index in [4.69, 9.17) is 4.74 Å². The van der Waals surface area contributed by atoms with Crippen LogP contribution < -0.4 is 14.8 Å². The van der Waals surface area contributed by atoms with Crippen molar-refractivity contribution in [3.63, 3.8) is 0 Å². The number of anilines is 1. The highest BCUT2D eigenvalue weighted by Gasteiger charge is 2.31. The molecule has 2 aromatic carbocycles. The molecule has 3 aromatic rings. The Morgan fingerprint density at radius 3 is 2.54 bits per heavy atom. The predicted octanol–water partition coefficient (Wildman–Crippen LogP) is 4.90. The number of thiazole rings is 1. The van der Waals surface area contributed by atoms with Gasteiger partial charge in [-0.15, -0.1) is 24.5 Å². The molecule has 0 atom stereocenters. The summed E-state index contributed by atoms with van der Waals surface area (Å²) in [6.45, 7) is 0. The monoisotopic (exact) mass is 408 g/mol. The third-order valence-electron chi connectivity index (χ3n) is 3.60. The van der Waals surface area contributed by atoms with E-state index in [9.17, 15) is 18.0 Å². The second-order valence-electron chi connectivity index (χ2n) is 5.63. The quantitative estimate of drug-likeness (QED) is 0.630. The van der Waals surface area contributed by atoms with Crippen LogP contribution in [-0.2, 0) is 11.2 Å². The Bertz CT molecular complexity index is 956. The molecule has 5 nitrogen and oxygen atoms in total. The predicted molar refractivity (Wildman–Crippen MR) is 99.6 cm³/mol. The van der Waals surface area contributed by atoms with Crippen LogP contribution in [0, 0.1) is 0 Å². The Morgan fingerprint density at radius 2 is 1.86 bits per heavy atom. The minimum Gasteiger partial charge on any atom is -0.495 e. The van der Waals surface area contributed by atoms with Crippen LogP contribution in [0.1, 0.15) is 4.88 Å². The van der Waals surface area contributed by atoms with Gasteiger partial charge in [0, 0.05) is 16.6 Å². The third kappa shape index (κ3) is 5.23. The van der Waals surface area contributed by atoms with Gasteiger partial charge in [-0.05, 0) is 36.4 Å². The highest BCUT2D eigenvalue weighted by atomic mass is 32.1. The van der Waals surface area contributed by atoms with Crippen LogP contribution in [0.5, 0.6) is 11.5 Å². The first-order chi connectivity index (χ1) is 13.3. The van der Waals surface area contributed by atoms with E-state index in [0.29, 0.717) is 22.0 Å². The Morgan fingerprint density at radius 1 is 1.14 bits per heavy atom. The normalized spacial score (nSPS) is 11.1. The second-order valence-corrected chi connectivity index (χ2v) is 6.74. The van der Waals surface area contributed by atoms with Gasteiger partial charge in [-0.25, -0.2) is 4.98 Å². The fourth-order valence-electron chi connectivity index (χ4n) is 2.42. The van der Waals surface area contributed by atoms with Crippen LogP contribution in [0.2, 0.25) is 0 Å². The zero-order valence-electron chi connectivity index (χ0n) is 14.6. The highest BCUT2D eigenvalue weighted by Crippen LogP contribution is 2.29. The molecule has 0 saturated heterocycles. The van der Waals surface area contributed by atoms with Crippen LogP contribution >= 0.6 is 11.3 Å². The van der Waals surface area contributed by atoms with Crippen LogP contribution in [0.15, 0.2) is 54.7 Å². The summed E-state index contributed by atoms with van der Waals surface area (Å²) in [5.74, 6) is 0.0276. The fraction of sp³-hybridized carbons (Fsp3) is 0.158. The molecular formula is C19H15F3N2O3S. The molecule has 0 aliphatic carbocycles. The first-order valence-corrected chi connectivity index (χ1v) is 8.89. The number of halogens is 3. The average Bonchev–Trinajstić information content (AvgIpc) is 3.09. The lowest BCUT2D eigenvalue weighted by Crippen LogP contribution is -2.16. The number of carbonyl (C=O) groups excluding carboxylic acids is 1. The number of rotatable bonds is 6. The fourth-order valence-corrected chi connectivity index (χ4v) is 3.34. The summed E-state index contributed by atoms with van der Waals surface area (Å²) >= 11 is 1.29. The summed E-state index contributed by atoms with van der Waals surface area (Å²) in [5, 5.41) is 3.38. The maximum absolute atomic E-state index is 12.3. The molecule has 1 heterocycles. The van der Waals surface area contributed by atoms with Gasteiger partial charge in [0.25, 0.3) is 0 Å². The first-order valence-electron chi connectivity index (χ1n) is 8.08. The molecule has 28 heavy (non-hydrogen) atoms. The van der Waals surface area contributed by atoms with E-state index in [1.807, 2.05) is 0 Å². The third-order valence-corrected chi connectivity index (χ3v) is 4.65. The van der Waals surface area contributed by atoms with Gasteiger partial charge < -0.3 is 14.8 Å². The number of benzene rings is 2. The van der Waals surface area contributed by atoms with Crippen molar-refractivity contribution in [3.05, 3.63) is 59.6 Å². The minimum absolute atomic E-state index is 0.116. The van der Waals surface area contributed by atoms with E-state index in [-0.39, 0.29) is 18.1 Å². The van der Waals surface area contributed by atoms with E-state index >= 15 is 0 Å². The van der Waals surface area contributed by atoms with Crippen molar-refractivity contribution in [3.8, 4) is 22.1 Å². The van der Waals surface area contributed by atoms with Crippen LogP contribution in [0.4, 0.5) is 18.9 Å². The molecule has 146 valence electrons. The average molecular weight is 408 g/mol. The molecule has 1 N–H and O–H groups in total. The lowest BCUT2D eigenvalue weighted by atomic mass is 10.2. The number of alkyl halides is 3. The van der Waals surface area contributed by atoms with E-state index in [1.54, 1.807) is 30.5 Å². The topological polar surface area (TPSA) is 60.5 Å². The smallest absolute Gasteiger partial charge is 0.495 e. The van der Waals surface area contributed by atoms with Gasteiger partial charge >= 0.3 is 6.36 Å². The van der Waals surface area contributed by atoms with Crippen molar-refractivity contribution in [2.45, 2.75) is 12.8 Å². The molecule has 0 unspecified atom stereocenters. The van der Waals surface area contributed by atoms with Gasteiger partial charge in [0.2, 0.25) is 5.91 Å². The van der Waals surface area contributed by atoms with Crippen molar-refractivity contribution < 1.29 is 27.4 Å². The van der Waals surface area contributed by atoms with Crippen LogP contribution in [0.3, 0.4) is 0 Å². The van der Waals surface area contributed by atoms with Gasteiger partial charge in [-0.2, -0.15) is 0 Å². The molecular weight excluding hydrogens is 393 g/mol. The summed E-state index contributed by atoms with van der Waals surface area (Å²) in [4.78, 5) is 17.2. The molecule has 1 aromatic heterocycles. The second kappa shape index (κ2) is 8.30. The number of ether oxygens (including phenoxy) is 2. The number of hydrogen-bond donors (Lipinski definition) is 1. The molecule has 0 aliphatic heterocycles. The zero-order valence-corrected chi connectivity index (χ0v) is 15.4. The van der Waals surface area contributed by atoms with Gasteiger partial charge in [-0.1, -0.05) is 12.1 Å². The lowest BCUT2D eigenvalue weighted by Gasteiger charge is -2.09. The van der Waals surface area contributed by atoms with Gasteiger partial charge in [-0.3, -0.25) is 4.79 Å². The van der Waals surface area contributed by atoms with Crippen molar-refractivity contribution in [1.29, 1.82) is 0 Å². The molecule has 0 spiro atoms. The van der Waals surface area contributed by atoms with Gasteiger partial charge in [0.1, 0.15) is 16.5 Å². The number of amides is 1. The van der Waals surface area contributed by atoms with Gasteiger partial charge in [0.15, 0.2) is 0 Å². The molecule has 0 bridgehead atoms. The maximum atomic E-state index is 12.3. The number of hydrogen-bond acceptors (Lipinski definition) is 5. The number of para-hydroxylation sites is 2. The van der Waals surface area contributed by atoms with Gasteiger partial charge in [0.05, 0.1) is 19.2 Å². The van der Waals surface area contributed by atoms with Crippen molar-refractivity contribution in [2.75, 3.05) is 12.4 Å². The molecule has 9 heteroatoms. The van der Waals surface area contributed by atoms with E-state index in [1.165, 1.54) is 42.7 Å². The summed E-state index contributed by atoms with van der Waals surface area (Å²) < 4.78 is 45.7. The zero-order chi connectivity index (χ0) is 20.1. The largest absolute Gasteiger partial charge is 0.573 e. The molecule has 0 saturated carbocycles. The Hall–Kier alpha value is -3.07. The number of nitrogens with one attached hydrogen (secondary N) is 1. The van der Waals surface area contributed by atoms with Crippen molar-refractivity contribution in [2.24, 2.45) is 0 Å². The van der Waals surface area contributed by atoms with E-state index < -0.39 is 6.36 Å². The Balaban J connectivity index is 1.64. The Kier molecular flexibility index (Phi) is 5.84. The van der Waals surface area contributed by atoms with Crippen molar-refractivity contribution in [1.82, 2.24) is 4.98 Å². The SMILES string of the molecule is COc1ccccc1NC(=O)Cc1cnc(-c2ccc(OC(F)(F)F)cc2)s1.